The lowest BCUT2D eigenvalue weighted by Crippen LogP contribution is -2.36. The van der Waals surface area contributed by atoms with Crippen LogP contribution in [-0.2, 0) is 29.4 Å². The topological polar surface area (TPSA) is 62.3 Å². The second-order valence-electron chi connectivity index (χ2n) is 6.51. The second-order valence-corrected chi connectivity index (χ2v) is 9.73. The predicted octanol–water partition coefficient (Wildman–Crippen LogP) is 1.78. The molecule has 0 radical (unpaired) electrons. The summed E-state index contributed by atoms with van der Waals surface area (Å²) in [5.74, 6) is 0.766. The maximum absolute atomic E-state index is 12.1. The summed E-state index contributed by atoms with van der Waals surface area (Å²) in [6, 6.07) is 0. The first-order valence-electron chi connectivity index (χ1n) is 8.16. The van der Waals surface area contributed by atoms with Crippen molar-refractivity contribution in [2.45, 2.75) is 51.3 Å². The van der Waals surface area contributed by atoms with Crippen molar-refractivity contribution in [2.75, 3.05) is 19.6 Å². The molecule has 1 aromatic rings. The quantitative estimate of drug-likeness (QED) is 0.885. The summed E-state index contributed by atoms with van der Waals surface area (Å²) in [4.78, 5) is 8.46. The highest BCUT2D eigenvalue weighted by Gasteiger charge is 2.33. The van der Waals surface area contributed by atoms with Crippen LogP contribution in [0, 0.1) is 5.92 Å². The lowest BCUT2D eigenvalue weighted by Gasteiger charge is -2.15. The van der Waals surface area contributed by atoms with Crippen LogP contribution in [0.15, 0.2) is 0 Å². The molecule has 3 rings (SSSR count). The van der Waals surface area contributed by atoms with E-state index in [0.29, 0.717) is 13.1 Å². The van der Waals surface area contributed by atoms with Crippen molar-refractivity contribution in [2.24, 2.45) is 5.92 Å². The molecule has 1 fully saturated rings. The lowest BCUT2D eigenvalue weighted by molar-refractivity contribution is 0.330. The Morgan fingerprint density at radius 3 is 3.00 bits per heavy atom. The third kappa shape index (κ3) is 3.53. The summed E-state index contributed by atoms with van der Waals surface area (Å²) in [5.41, 5.74) is 1.29. The van der Waals surface area contributed by atoms with Crippen molar-refractivity contribution < 1.29 is 8.42 Å². The zero-order valence-electron chi connectivity index (χ0n) is 13.3. The molecule has 0 amide bonds. The highest BCUT2D eigenvalue weighted by atomic mass is 32.2. The molecule has 0 unspecified atom stereocenters. The van der Waals surface area contributed by atoms with Crippen molar-refractivity contribution in [3.05, 3.63) is 15.6 Å². The molecular weight excluding hydrogens is 318 g/mol. The molecule has 1 saturated heterocycles. The van der Waals surface area contributed by atoms with Crippen molar-refractivity contribution in [1.29, 1.82) is 0 Å². The number of sulfonamides is 1. The van der Waals surface area contributed by atoms with E-state index in [2.05, 4.69) is 16.5 Å². The molecule has 124 valence electrons. The number of hydrogen-bond acceptors (Lipinski definition) is 5. The number of nitrogens with one attached hydrogen (secondary N) is 1. The number of likely N-dealkylation sites (tertiary alicyclic amines) is 1. The molecule has 0 aromatic carbocycles. The molecule has 22 heavy (non-hydrogen) atoms. The standard InChI is InChI=1S/C15H25N3O2S2/c1-3-16-22(19,20)12-6-7-18(9-12)10-15-17-13-5-4-11(2)8-14(13)21-15/h11-12,16H,3-10H2,1-2H3/t11-,12+/m0/s1. The fourth-order valence-electron chi connectivity index (χ4n) is 3.37. The van der Waals surface area contributed by atoms with E-state index in [-0.39, 0.29) is 5.25 Å². The Morgan fingerprint density at radius 1 is 1.41 bits per heavy atom. The van der Waals surface area contributed by atoms with Gasteiger partial charge in [-0.05, 0) is 38.1 Å². The summed E-state index contributed by atoms with van der Waals surface area (Å²) in [6.07, 6.45) is 4.22. The van der Waals surface area contributed by atoms with Crippen LogP contribution in [0.1, 0.15) is 42.3 Å². The molecular formula is C15H25N3O2S2. The Labute approximate surface area is 137 Å². The Kier molecular flexibility index (Phi) is 4.87. The third-order valence-corrected chi connectivity index (χ3v) is 7.66. The normalized spacial score (nSPS) is 26.3. The van der Waals surface area contributed by atoms with Crippen LogP contribution in [-0.4, -0.2) is 43.2 Å². The molecule has 5 nitrogen and oxygen atoms in total. The van der Waals surface area contributed by atoms with Crippen LogP contribution in [0.5, 0.6) is 0 Å². The van der Waals surface area contributed by atoms with E-state index in [1.807, 2.05) is 18.3 Å². The molecule has 0 spiro atoms. The first-order valence-corrected chi connectivity index (χ1v) is 10.5. The molecule has 1 aromatic heterocycles. The summed E-state index contributed by atoms with van der Waals surface area (Å²) in [5, 5.41) is 0.877. The monoisotopic (exact) mass is 343 g/mol. The minimum atomic E-state index is -3.15. The van der Waals surface area contributed by atoms with Crippen LogP contribution < -0.4 is 4.72 Å². The van der Waals surface area contributed by atoms with Gasteiger partial charge in [0.25, 0.3) is 0 Å². The van der Waals surface area contributed by atoms with Gasteiger partial charge in [-0.2, -0.15) is 0 Å². The van der Waals surface area contributed by atoms with E-state index in [4.69, 9.17) is 4.98 Å². The van der Waals surface area contributed by atoms with Gasteiger partial charge < -0.3 is 0 Å². The van der Waals surface area contributed by atoms with Gasteiger partial charge in [-0.3, -0.25) is 4.90 Å². The van der Waals surface area contributed by atoms with Crippen LogP contribution in [0.3, 0.4) is 0 Å². The van der Waals surface area contributed by atoms with E-state index in [1.54, 1.807) is 0 Å². The fraction of sp³-hybridized carbons (Fsp3) is 0.800. The highest BCUT2D eigenvalue weighted by molar-refractivity contribution is 7.90. The minimum Gasteiger partial charge on any atom is -0.295 e. The number of aromatic nitrogens is 1. The Bertz CT molecular complexity index is 627. The lowest BCUT2D eigenvalue weighted by atomic mass is 9.93. The van der Waals surface area contributed by atoms with Gasteiger partial charge in [-0.15, -0.1) is 11.3 Å². The van der Waals surface area contributed by atoms with E-state index in [9.17, 15) is 8.42 Å². The average Bonchev–Trinajstić information content (AvgIpc) is 3.05. The van der Waals surface area contributed by atoms with Gasteiger partial charge in [0.15, 0.2) is 0 Å². The maximum Gasteiger partial charge on any atom is 0.215 e. The van der Waals surface area contributed by atoms with Gasteiger partial charge in [-0.25, -0.2) is 18.1 Å². The van der Waals surface area contributed by atoms with Gasteiger partial charge in [0.05, 0.1) is 17.5 Å². The number of rotatable bonds is 5. The third-order valence-electron chi connectivity index (χ3n) is 4.60. The van der Waals surface area contributed by atoms with Crippen molar-refractivity contribution in [3.63, 3.8) is 0 Å². The summed E-state index contributed by atoms with van der Waals surface area (Å²) in [7, 11) is -3.15. The summed E-state index contributed by atoms with van der Waals surface area (Å²) >= 11 is 1.83. The molecule has 1 aliphatic carbocycles. The highest BCUT2D eigenvalue weighted by Crippen LogP contribution is 2.31. The number of thiazole rings is 1. The van der Waals surface area contributed by atoms with Crippen LogP contribution in [0.25, 0.3) is 0 Å². The SMILES string of the molecule is CCNS(=O)(=O)[C@@H]1CCN(Cc2nc3c(s2)C[C@@H](C)CC3)C1. The summed E-state index contributed by atoms with van der Waals surface area (Å²) in [6.45, 7) is 6.86. The van der Waals surface area contributed by atoms with E-state index in [1.165, 1.54) is 17.0 Å². The zero-order valence-corrected chi connectivity index (χ0v) is 15.0. The minimum absolute atomic E-state index is 0.276. The van der Waals surface area contributed by atoms with E-state index >= 15 is 0 Å². The fourth-order valence-corrected chi connectivity index (χ4v) is 6.15. The van der Waals surface area contributed by atoms with E-state index < -0.39 is 10.0 Å². The largest absolute Gasteiger partial charge is 0.295 e. The molecule has 0 saturated carbocycles. The molecule has 2 aliphatic rings. The zero-order chi connectivity index (χ0) is 15.7. The van der Waals surface area contributed by atoms with Gasteiger partial charge >= 0.3 is 0 Å². The summed E-state index contributed by atoms with van der Waals surface area (Å²) < 4.78 is 26.8. The number of nitrogens with zero attached hydrogens (tertiary/aromatic N) is 2. The smallest absolute Gasteiger partial charge is 0.215 e. The molecule has 1 N–H and O–H groups in total. The average molecular weight is 344 g/mol. The van der Waals surface area contributed by atoms with Crippen molar-refractivity contribution in [3.8, 4) is 0 Å². The molecule has 1 aliphatic heterocycles. The predicted molar refractivity (Wildman–Crippen MR) is 89.6 cm³/mol. The van der Waals surface area contributed by atoms with Gasteiger partial charge in [0, 0.05) is 18.0 Å². The molecule has 2 heterocycles. The molecule has 7 heteroatoms. The van der Waals surface area contributed by atoms with Gasteiger partial charge in [0.1, 0.15) is 5.01 Å². The number of hydrogen-bond donors (Lipinski definition) is 1. The molecule has 0 bridgehead atoms. The number of fused-ring (bicyclic) bond motifs is 1. The van der Waals surface area contributed by atoms with Crippen LogP contribution in [0.4, 0.5) is 0 Å². The second kappa shape index (κ2) is 6.55. The first-order chi connectivity index (χ1) is 10.5. The first kappa shape index (κ1) is 16.4. The van der Waals surface area contributed by atoms with E-state index in [0.717, 1.165) is 43.3 Å². The Balaban J connectivity index is 1.61. The van der Waals surface area contributed by atoms with Gasteiger partial charge in [0.2, 0.25) is 10.0 Å². The maximum atomic E-state index is 12.1. The van der Waals surface area contributed by atoms with Gasteiger partial charge in [-0.1, -0.05) is 13.8 Å². The van der Waals surface area contributed by atoms with Crippen LogP contribution >= 0.6 is 11.3 Å². The Hall–Kier alpha value is -0.500. The van der Waals surface area contributed by atoms with Crippen molar-refractivity contribution in [1.82, 2.24) is 14.6 Å². The van der Waals surface area contributed by atoms with Crippen molar-refractivity contribution >= 4 is 21.4 Å². The molecule has 2 atom stereocenters. The number of aryl methyl sites for hydroxylation is 1. The Morgan fingerprint density at radius 2 is 2.23 bits per heavy atom. The van der Waals surface area contributed by atoms with Crippen LogP contribution in [0.2, 0.25) is 0 Å².